The lowest BCUT2D eigenvalue weighted by atomic mass is 9.97. The Balaban J connectivity index is 1.63. The summed E-state index contributed by atoms with van der Waals surface area (Å²) in [6, 6.07) is 14.3. The van der Waals surface area contributed by atoms with Crippen LogP contribution in [0.3, 0.4) is 0 Å². The number of rotatable bonds is 5. The number of primary amides is 1. The smallest absolute Gasteiger partial charge is 0.275 e. The third-order valence-corrected chi connectivity index (χ3v) is 5.10. The van der Waals surface area contributed by atoms with Gasteiger partial charge in [-0.2, -0.15) is 0 Å². The van der Waals surface area contributed by atoms with E-state index in [9.17, 15) is 9.59 Å². The van der Waals surface area contributed by atoms with Crippen molar-refractivity contribution >= 4 is 22.6 Å². The Kier molecular flexibility index (Phi) is 5.34. The fourth-order valence-corrected chi connectivity index (χ4v) is 3.78. The fourth-order valence-electron chi connectivity index (χ4n) is 3.78. The van der Waals surface area contributed by atoms with E-state index in [1.54, 1.807) is 0 Å². The summed E-state index contributed by atoms with van der Waals surface area (Å²) < 4.78 is 0. The van der Waals surface area contributed by atoms with Crippen LogP contribution in [0.5, 0.6) is 0 Å². The maximum atomic E-state index is 12.5. The summed E-state index contributed by atoms with van der Waals surface area (Å²) in [5.74, 6) is -0.339. The van der Waals surface area contributed by atoms with Crippen LogP contribution in [0, 0.1) is 5.92 Å². The van der Waals surface area contributed by atoms with Crippen LogP contribution in [0.4, 0.5) is 0 Å². The summed E-state index contributed by atoms with van der Waals surface area (Å²) in [5.41, 5.74) is 6.54. The number of likely N-dealkylation sites (tertiary alicyclic amines) is 1. The third kappa shape index (κ3) is 4.17. The van der Waals surface area contributed by atoms with E-state index in [0.717, 1.165) is 35.2 Å². The van der Waals surface area contributed by atoms with Gasteiger partial charge in [0.15, 0.2) is 6.54 Å². The first-order valence-corrected chi connectivity index (χ1v) is 8.94. The lowest BCUT2D eigenvalue weighted by Gasteiger charge is -2.28. The van der Waals surface area contributed by atoms with Gasteiger partial charge < -0.3 is 16.0 Å². The van der Waals surface area contributed by atoms with Crippen LogP contribution in [0.1, 0.15) is 31.4 Å². The van der Waals surface area contributed by atoms with Crippen LogP contribution in [0.25, 0.3) is 10.8 Å². The highest BCUT2D eigenvalue weighted by molar-refractivity contribution is 5.87. The van der Waals surface area contributed by atoms with Crippen LogP contribution in [0.15, 0.2) is 42.5 Å². The van der Waals surface area contributed by atoms with Crippen LogP contribution in [-0.4, -0.2) is 31.4 Å². The van der Waals surface area contributed by atoms with Crippen molar-refractivity contribution in [2.45, 2.75) is 25.8 Å². The van der Waals surface area contributed by atoms with Crippen molar-refractivity contribution < 1.29 is 14.5 Å². The molecule has 3 rings (SSSR count). The molecule has 1 heterocycles. The Morgan fingerprint density at radius 3 is 2.80 bits per heavy atom. The van der Waals surface area contributed by atoms with Crippen molar-refractivity contribution in [3.8, 4) is 0 Å². The molecule has 0 bridgehead atoms. The molecule has 0 aliphatic carbocycles. The molecule has 1 unspecified atom stereocenters. The average molecular weight is 340 g/mol. The first-order valence-electron chi connectivity index (χ1n) is 8.94. The number of carbonyl (C=O) groups excluding carboxylic acids is 2. The molecule has 0 spiro atoms. The van der Waals surface area contributed by atoms with Gasteiger partial charge in [-0.05, 0) is 36.1 Å². The van der Waals surface area contributed by atoms with E-state index in [-0.39, 0.29) is 23.8 Å². The van der Waals surface area contributed by atoms with E-state index >= 15 is 0 Å². The summed E-state index contributed by atoms with van der Waals surface area (Å²) in [6.45, 7) is 3.97. The second kappa shape index (κ2) is 7.66. The molecule has 1 aliphatic rings. The third-order valence-electron chi connectivity index (χ3n) is 5.10. The number of benzene rings is 2. The van der Waals surface area contributed by atoms with E-state index in [4.69, 9.17) is 5.73 Å². The van der Waals surface area contributed by atoms with Gasteiger partial charge >= 0.3 is 0 Å². The molecule has 132 valence electrons. The number of piperidine rings is 1. The minimum Gasteiger partial charge on any atom is -0.369 e. The number of quaternary nitrogens is 1. The highest BCUT2D eigenvalue weighted by atomic mass is 16.2. The summed E-state index contributed by atoms with van der Waals surface area (Å²) >= 11 is 0. The molecule has 1 fully saturated rings. The molecule has 0 saturated carbocycles. The predicted molar refractivity (Wildman–Crippen MR) is 98.0 cm³/mol. The van der Waals surface area contributed by atoms with Gasteiger partial charge in [-0.15, -0.1) is 0 Å². The first kappa shape index (κ1) is 17.4. The number of fused-ring (bicyclic) bond motifs is 1. The Morgan fingerprint density at radius 2 is 2.00 bits per heavy atom. The van der Waals surface area contributed by atoms with Crippen LogP contribution in [-0.2, 0) is 9.59 Å². The zero-order valence-electron chi connectivity index (χ0n) is 14.6. The minimum atomic E-state index is -0.248. The molecule has 0 radical (unpaired) electrons. The van der Waals surface area contributed by atoms with Gasteiger partial charge in [0.25, 0.3) is 5.91 Å². The van der Waals surface area contributed by atoms with Gasteiger partial charge in [0, 0.05) is 0 Å². The largest absolute Gasteiger partial charge is 0.369 e. The van der Waals surface area contributed by atoms with Gasteiger partial charge in [0.1, 0.15) is 0 Å². The van der Waals surface area contributed by atoms with Crippen LogP contribution in [0.2, 0.25) is 0 Å². The Hall–Kier alpha value is -2.40. The van der Waals surface area contributed by atoms with Gasteiger partial charge in [-0.25, -0.2) is 0 Å². The summed E-state index contributed by atoms with van der Waals surface area (Å²) in [7, 11) is 0. The van der Waals surface area contributed by atoms with Crippen LogP contribution >= 0.6 is 0 Å². The minimum absolute atomic E-state index is 0.0144. The molecular formula is C20H26N3O2+. The standard InChI is InChI=1S/C20H25N3O2/c1-14(17-10-4-7-15-6-2-3-9-18(15)17)22-19(24)13-23-11-5-8-16(12-23)20(21)25/h2-4,6-7,9-10,14,16H,5,8,11-13H2,1H3,(H2,21,25)(H,22,24)/p+1/t14-,16-/m0/s1. The summed E-state index contributed by atoms with van der Waals surface area (Å²) in [5, 5.41) is 5.44. The molecule has 2 aromatic rings. The fraction of sp³-hybridized carbons (Fsp3) is 0.400. The van der Waals surface area contributed by atoms with Crippen molar-refractivity contribution in [1.82, 2.24) is 5.32 Å². The summed E-state index contributed by atoms with van der Waals surface area (Å²) in [6.07, 6.45) is 1.78. The molecule has 0 aromatic heterocycles. The number of carbonyl (C=O) groups is 2. The van der Waals surface area contributed by atoms with Crippen molar-refractivity contribution in [3.63, 3.8) is 0 Å². The lowest BCUT2D eigenvalue weighted by molar-refractivity contribution is -0.899. The van der Waals surface area contributed by atoms with E-state index in [2.05, 4.69) is 29.6 Å². The zero-order valence-corrected chi connectivity index (χ0v) is 14.6. The van der Waals surface area contributed by atoms with Crippen molar-refractivity contribution in [1.29, 1.82) is 0 Å². The normalized spacial score (nSPS) is 21.6. The molecule has 25 heavy (non-hydrogen) atoms. The van der Waals surface area contributed by atoms with Gasteiger partial charge in [-0.1, -0.05) is 42.5 Å². The number of nitrogens with two attached hydrogens (primary N) is 1. The van der Waals surface area contributed by atoms with Crippen molar-refractivity contribution in [2.75, 3.05) is 19.6 Å². The molecule has 2 amide bonds. The molecule has 2 aromatic carbocycles. The van der Waals surface area contributed by atoms with E-state index in [1.807, 2.05) is 25.1 Å². The Bertz CT molecular complexity index is 769. The van der Waals surface area contributed by atoms with E-state index < -0.39 is 0 Å². The molecule has 5 nitrogen and oxygen atoms in total. The van der Waals surface area contributed by atoms with Gasteiger partial charge in [0.05, 0.1) is 25.0 Å². The number of amides is 2. The topological polar surface area (TPSA) is 76.6 Å². The highest BCUT2D eigenvalue weighted by Crippen LogP contribution is 2.23. The molecule has 1 saturated heterocycles. The second-order valence-corrected chi connectivity index (χ2v) is 6.98. The van der Waals surface area contributed by atoms with E-state index in [1.165, 1.54) is 5.39 Å². The second-order valence-electron chi connectivity index (χ2n) is 6.98. The number of hydrogen-bond donors (Lipinski definition) is 3. The molecular weight excluding hydrogens is 314 g/mol. The quantitative estimate of drug-likeness (QED) is 0.753. The molecule has 5 heteroatoms. The van der Waals surface area contributed by atoms with Crippen LogP contribution < -0.4 is 16.0 Å². The lowest BCUT2D eigenvalue weighted by Crippen LogP contribution is -3.15. The zero-order chi connectivity index (χ0) is 17.8. The number of hydrogen-bond acceptors (Lipinski definition) is 2. The highest BCUT2D eigenvalue weighted by Gasteiger charge is 2.28. The Morgan fingerprint density at radius 1 is 1.24 bits per heavy atom. The first-order chi connectivity index (χ1) is 12.0. The predicted octanol–water partition coefficient (Wildman–Crippen LogP) is 0.797. The summed E-state index contributed by atoms with van der Waals surface area (Å²) in [4.78, 5) is 25.0. The molecule has 4 N–H and O–H groups in total. The molecule has 1 aliphatic heterocycles. The van der Waals surface area contributed by atoms with Gasteiger partial charge in [-0.3, -0.25) is 9.59 Å². The monoisotopic (exact) mass is 340 g/mol. The Labute approximate surface area is 148 Å². The maximum absolute atomic E-state index is 12.5. The number of nitrogens with one attached hydrogen (secondary N) is 2. The average Bonchev–Trinajstić information content (AvgIpc) is 2.61. The maximum Gasteiger partial charge on any atom is 0.275 e. The van der Waals surface area contributed by atoms with Crippen molar-refractivity contribution in [2.24, 2.45) is 11.7 Å². The molecule has 3 atom stereocenters. The SMILES string of the molecule is C[C@H](NC(=O)C[NH+]1CCC[C@H](C(N)=O)C1)c1cccc2ccccc12. The van der Waals surface area contributed by atoms with E-state index in [0.29, 0.717) is 13.1 Å². The van der Waals surface area contributed by atoms with Crippen molar-refractivity contribution in [3.05, 3.63) is 48.0 Å². The van der Waals surface area contributed by atoms with Gasteiger partial charge in [0.2, 0.25) is 5.91 Å².